The summed E-state index contributed by atoms with van der Waals surface area (Å²) in [6, 6.07) is 0. The van der Waals surface area contributed by atoms with E-state index in [0.29, 0.717) is 5.92 Å². The molecule has 0 fully saturated rings. The highest BCUT2D eigenvalue weighted by atomic mass is 16.1. The highest BCUT2D eigenvalue weighted by Gasteiger charge is 2.37. The molecule has 1 rings (SSSR count). The molecule has 0 spiro atoms. The lowest BCUT2D eigenvalue weighted by atomic mass is 9.68. The minimum absolute atomic E-state index is 0.198. The second-order valence-electron chi connectivity index (χ2n) is 3.81. The Bertz CT molecular complexity index is 227. The molecule has 0 N–H and O–H groups in total. The van der Waals surface area contributed by atoms with Crippen molar-refractivity contribution in [3.05, 3.63) is 24.8 Å². The van der Waals surface area contributed by atoms with Gasteiger partial charge in [-0.2, -0.15) is 0 Å². The molecule has 0 radical (unpaired) electrons. The van der Waals surface area contributed by atoms with Crippen LogP contribution in [0.15, 0.2) is 24.8 Å². The Kier molecular flexibility index (Phi) is 2.51. The van der Waals surface area contributed by atoms with Crippen LogP contribution in [0.5, 0.6) is 0 Å². The number of hydrogen-bond donors (Lipinski definition) is 0. The molecule has 12 heavy (non-hydrogen) atoms. The van der Waals surface area contributed by atoms with E-state index in [0.717, 1.165) is 12.8 Å². The number of carbonyl (C=O) groups excluding carboxylic acids is 1. The SMILES string of the molecule is C=CCC1(C)C(=O)C=CCC1C. The van der Waals surface area contributed by atoms with Gasteiger partial charge in [0.2, 0.25) is 0 Å². The van der Waals surface area contributed by atoms with Gasteiger partial charge in [-0.3, -0.25) is 4.79 Å². The Labute approximate surface area is 74.2 Å². The van der Waals surface area contributed by atoms with E-state index in [1.54, 1.807) is 6.08 Å². The first kappa shape index (κ1) is 9.24. The molecule has 1 heteroatoms. The Morgan fingerprint density at radius 1 is 1.83 bits per heavy atom. The predicted octanol–water partition coefficient (Wildman–Crippen LogP) is 2.73. The monoisotopic (exact) mass is 164 g/mol. The number of ketones is 1. The van der Waals surface area contributed by atoms with Crippen LogP contribution < -0.4 is 0 Å². The minimum Gasteiger partial charge on any atom is -0.294 e. The highest BCUT2D eigenvalue weighted by molar-refractivity contribution is 5.95. The maximum absolute atomic E-state index is 11.6. The topological polar surface area (TPSA) is 17.1 Å². The average Bonchev–Trinajstić information content (AvgIpc) is 2.02. The van der Waals surface area contributed by atoms with Crippen molar-refractivity contribution in [2.24, 2.45) is 11.3 Å². The molecule has 0 bridgehead atoms. The molecule has 2 atom stereocenters. The van der Waals surface area contributed by atoms with Gasteiger partial charge in [0.15, 0.2) is 5.78 Å². The highest BCUT2D eigenvalue weighted by Crippen LogP contribution is 2.38. The van der Waals surface area contributed by atoms with Crippen molar-refractivity contribution in [3.63, 3.8) is 0 Å². The molecular weight excluding hydrogens is 148 g/mol. The summed E-state index contributed by atoms with van der Waals surface area (Å²) < 4.78 is 0. The lowest BCUT2D eigenvalue weighted by Gasteiger charge is -2.34. The number of allylic oxidation sites excluding steroid dienone is 3. The molecular formula is C11H16O. The van der Waals surface area contributed by atoms with Crippen molar-refractivity contribution in [1.82, 2.24) is 0 Å². The average molecular weight is 164 g/mol. The molecule has 0 aromatic heterocycles. The Balaban J connectivity index is 2.90. The van der Waals surface area contributed by atoms with E-state index in [4.69, 9.17) is 0 Å². The van der Waals surface area contributed by atoms with Gasteiger partial charge in [-0.15, -0.1) is 6.58 Å². The molecule has 2 unspecified atom stereocenters. The van der Waals surface area contributed by atoms with Crippen LogP contribution in [0, 0.1) is 11.3 Å². The van der Waals surface area contributed by atoms with E-state index in [9.17, 15) is 4.79 Å². The summed E-state index contributed by atoms with van der Waals surface area (Å²) in [5.74, 6) is 0.689. The minimum atomic E-state index is -0.198. The Morgan fingerprint density at radius 2 is 2.50 bits per heavy atom. The van der Waals surface area contributed by atoms with E-state index in [1.165, 1.54) is 0 Å². The fraction of sp³-hybridized carbons (Fsp3) is 0.545. The summed E-state index contributed by atoms with van der Waals surface area (Å²) in [6.45, 7) is 7.86. The van der Waals surface area contributed by atoms with Crippen LogP contribution in [0.1, 0.15) is 26.7 Å². The smallest absolute Gasteiger partial charge is 0.161 e. The van der Waals surface area contributed by atoms with E-state index in [-0.39, 0.29) is 11.2 Å². The number of hydrogen-bond acceptors (Lipinski definition) is 1. The second-order valence-corrected chi connectivity index (χ2v) is 3.81. The van der Waals surface area contributed by atoms with Crippen molar-refractivity contribution in [3.8, 4) is 0 Å². The van der Waals surface area contributed by atoms with E-state index in [2.05, 4.69) is 13.5 Å². The summed E-state index contributed by atoms with van der Waals surface area (Å²) in [6.07, 6.45) is 7.32. The third-order valence-electron chi connectivity index (χ3n) is 2.98. The second kappa shape index (κ2) is 3.26. The van der Waals surface area contributed by atoms with E-state index < -0.39 is 0 Å². The fourth-order valence-corrected chi connectivity index (χ4v) is 1.67. The molecule has 0 saturated heterocycles. The molecule has 1 aliphatic carbocycles. The van der Waals surface area contributed by atoms with Crippen LogP contribution >= 0.6 is 0 Å². The quantitative estimate of drug-likeness (QED) is 0.573. The largest absolute Gasteiger partial charge is 0.294 e. The van der Waals surface area contributed by atoms with Crippen LogP contribution in [0.2, 0.25) is 0 Å². The van der Waals surface area contributed by atoms with Crippen LogP contribution in [-0.2, 0) is 4.79 Å². The third-order valence-corrected chi connectivity index (χ3v) is 2.98. The first-order valence-corrected chi connectivity index (χ1v) is 4.43. The lowest BCUT2D eigenvalue weighted by molar-refractivity contribution is -0.126. The summed E-state index contributed by atoms with van der Waals surface area (Å²) in [5, 5.41) is 0. The third kappa shape index (κ3) is 1.36. The normalized spacial score (nSPS) is 35.2. The van der Waals surface area contributed by atoms with Crippen molar-refractivity contribution in [1.29, 1.82) is 0 Å². The zero-order valence-corrected chi connectivity index (χ0v) is 7.84. The summed E-state index contributed by atoms with van der Waals surface area (Å²) in [5.41, 5.74) is -0.198. The first-order chi connectivity index (χ1) is 5.61. The molecule has 66 valence electrons. The molecule has 0 aromatic rings. The molecule has 1 aliphatic rings. The van der Waals surface area contributed by atoms with Crippen molar-refractivity contribution in [2.75, 3.05) is 0 Å². The van der Waals surface area contributed by atoms with Crippen molar-refractivity contribution < 1.29 is 4.79 Å². The van der Waals surface area contributed by atoms with Crippen LogP contribution in [0.3, 0.4) is 0 Å². The molecule has 0 aromatic carbocycles. The molecule has 0 aliphatic heterocycles. The van der Waals surface area contributed by atoms with Gasteiger partial charge in [0.05, 0.1) is 0 Å². The van der Waals surface area contributed by atoms with Crippen LogP contribution in [0.4, 0.5) is 0 Å². The lowest BCUT2D eigenvalue weighted by Crippen LogP contribution is -2.35. The van der Waals surface area contributed by atoms with Gasteiger partial charge in [-0.1, -0.05) is 26.0 Å². The van der Waals surface area contributed by atoms with Gasteiger partial charge in [0.25, 0.3) is 0 Å². The van der Waals surface area contributed by atoms with Gasteiger partial charge >= 0.3 is 0 Å². The Hall–Kier alpha value is -0.850. The number of rotatable bonds is 2. The summed E-state index contributed by atoms with van der Waals surface area (Å²) in [4.78, 5) is 11.6. The molecule has 0 amide bonds. The van der Waals surface area contributed by atoms with Gasteiger partial charge in [0, 0.05) is 5.41 Å². The first-order valence-electron chi connectivity index (χ1n) is 4.43. The maximum Gasteiger partial charge on any atom is 0.161 e. The van der Waals surface area contributed by atoms with Crippen LogP contribution in [-0.4, -0.2) is 5.78 Å². The number of carbonyl (C=O) groups is 1. The predicted molar refractivity (Wildman–Crippen MR) is 50.8 cm³/mol. The zero-order valence-electron chi connectivity index (χ0n) is 7.84. The van der Waals surface area contributed by atoms with Crippen molar-refractivity contribution in [2.45, 2.75) is 26.7 Å². The van der Waals surface area contributed by atoms with E-state index >= 15 is 0 Å². The standard InChI is InChI=1S/C11H16O/c1-4-8-11(3)9(2)6-5-7-10(11)12/h4-5,7,9H,1,6,8H2,2-3H3. The Morgan fingerprint density at radius 3 is 3.00 bits per heavy atom. The molecule has 0 saturated carbocycles. The summed E-state index contributed by atoms with van der Waals surface area (Å²) >= 11 is 0. The van der Waals surface area contributed by atoms with Gasteiger partial charge in [0.1, 0.15) is 0 Å². The molecule has 1 nitrogen and oxygen atoms in total. The van der Waals surface area contributed by atoms with Gasteiger partial charge in [-0.05, 0) is 24.8 Å². The maximum atomic E-state index is 11.6. The summed E-state index contributed by atoms with van der Waals surface area (Å²) in [7, 11) is 0. The van der Waals surface area contributed by atoms with Crippen LogP contribution in [0.25, 0.3) is 0 Å². The van der Waals surface area contributed by atoms with Gasteiger partial charge in [-0.25, -0.2) is 0 Å². The molecule has 0 heterocycles. The van der Waals surface area contributed by atoms with E-state index in [1.807, 2.05) is 19.1 Å². The van der Waals surface area contributed by atoms with Gasteiger partial charge < -0.3 is 0 Å². The van der Waals surface area contributed by atoms with Crippen molar-refractivity contribution >= 4 is 5.78 Å². The fourth-order valence-electron chi connectivity index (χ4n) is 1.67. The zero-order chi connectivity index (χ0) is 9.19.